The quantitative estimate of drug-likeness (QED) is 0.0313. The highest BCUT2D eigenvalue weighted by Crippen LogP contribution is 2.23. The normalized spacial score (nSPS) is 22.2. The first-order chi connectivity index (χ1) is 25.8. The summed E-state index contributed by atoms with van der Waals surface area (Å²) in [5, 5.41) is 64.7. The second-order valence-corrected chi connectivity index (χ2v) is 16.0. The number of nitrogens with one attached hydrogen (secondary N) is 1. The van der Waals surface area contributed by atoms with Crippen LogP contribution in [-0.2, 0) is 14.3 Å². The second-order valence-electron chi connectivity index (χ2n) is 16.0. The molecule has 1 rings (SSSR count). The van der Waals surface area contributed by atoms with Crippen molar-refractivity contribution in [3.05, 3.63) is 0 Å². The summed E-state index contributed by atoms with van der Waals surface area (Å²) >= 11 is 0. The van der Waals surface area contributed by atoms with Gasteiger partial charge in [-0.25, -0.2) is 0 Å². The zero-order chi connectivity index (χ0) is 38.9. The van der Waals surface area contributed by atoms with Gasteiger partial charge >= 0.3 is 0 Å². The van der Waals surface area contributed by atoms with Crippen LogP contribution >= 0.6 is 0 Å². The van der Waals surface area contributed by atoms with Crippen LogP contribution in [-0.4, -0.2) is 98.7 Å². The van der Waals surface area contributed by atoms with Gasteiger partial charge in [0, 0.05) is 0 Å². The maximum absolute atomic E-state index is 13.0. The van der Waals surface area contributed by atoms with Gasteiger partial charge in [-0.15, -0.1) is 0 Å². The zero-order valence-electron chi connectivity index (χ0n) is 34.2. The maximum atomic E-state index is 13.0. The van der Waals surface area contributed by atoms with Crippen molar-refractivity contribution in [2.75, 3.05) is 13.2 Å². The van der Waals surface area contributed by atoms with Crippen LogP contribution in [0.5, 0.6) is 0 Å². The van der Waals surface area contributed by atoms with Gasteiger partial charge in [0.2, 0.25) is 5.91 Å². The summed E-state index contributed by atoms with van der Waals surface area (Å²) in [6.45, 7) is 3.66. The average Bonchev–Trinajstić information content (AvgIpc) is 3.16. The van der Waals surface area contributed by atoms with Crippen molar-refractivity contribution >= 4 is 5.91 Å². The van der Waals surface area contributed by atoms with Crippen molar-refractivity contribution in [1.82, 2.24) is 5.32 Å². The Morgan fingerprint density at radius 1 is 0.566 bits per heavy atom. The first-order valence-electron chi connectivity index (χ1n) is 22.3. The molecule has 0 bridgehead atoms. The molecule has 7 N–H and O–H groups in total. The first kappa shape index (κ1) is 50.2. The van der Waals surface area contributed by atoms with Gasteiger partial charge in [-0.05, 0) is 12.8 Å². The minimum absolute atomic E-state index is 0.250. The van der Waals surface area contributed by atoms with Crippen LogP contribution in [0, 0.1) is 0 Å². The Bertz CT molecular complexity index is 819. The van der Waals surface area contributed by atoms with Crippen molar-refractivity contribution in [2.24, 2.45) is 0 Å². The van der Waals surface area contributed by atoms with Crippen LogP contribution in [0.1, 0.15) is 206 Å². The molecule has 1 aliphatic heterocycles. The van der Waals surface area contributed by atoms with Gasteiger partial charge < -0.3 is 45.4 Å². The number of carbonyl (C=O) groups is 1. The van der Waals surface area contributed by atoms with E-state index in [-0.39, 0.29) is 6.61 Å². The molecule has 0 aromatic heterocycles. The van der Waals surface area contributed by atoms with Crippen LogP contribution < -0.4 is 5.32 Å². The molecule has 0 saturated carbocycles. The first-order valence-corrected chi connectivity index (χ1v) is 22.3. The number of amides is 1. The van der Waals surface area contributed by atoms with E-state index in [1.807, 2.05) is 0 Å². The topological polar surface area (TPSA) is 169 Å². The molecular weight excluding hydrogens is 674 g/mol. The van der Waals surface area contributed by atoms with E-state index in [2.05, 4.69) is 19.2 Å². The Balaban J connectivity index is 2.40. The molecule has 10 heteroatoms. The SMILES string of the molecule is CCCCCCCCCCCCCCCCCCC(O)C(COC1OC(CO)C(O)C(O)C1O)NC(=O)C(O)CCCCCCCCCCCCCC. The molecule has 1 saturated heterocycles. The van der Waals surface area contributed by atoms with E-state index >= 15 is 0 Å². The van der Waals surface area contributed by atoms with Gasteiger partial charge in [-0.1, -0.05) is 194 Å². The van der Waals surface area contributed by atoms with Crippen molar-refractivity contribution in [1.29, 1.82) is 0 Å². The molecule has 8 unspecified atom stereocenters. The number of carbonyl (C=O) groups excluding carboxylic acids is 1. The average molecular weight is 760 g/mol. The third kappa shape index (κ3) is 25.1. The predicted octanol–water partition coefficient (Wildman–Crippen LogP) is 7.75. The number of unbranched alkanes of at least 4 members (excludes halogenated alkanes) is 26. The lowest BCUT2D eigenvalue weighted by Crippen LogP contribution is -2.60. The molecule has 0 radical (unpaired) electrons. The lowest BCUT2D eigenvalue weighted by Gasteiger charge is -2.40. The van der Waals surface area contributed by atoms with Crippen LogP contribution in [0.2, 0.25) is 0 Å². The van der Waals surface area contributed by atoms with E-state index in [0.29, 0.717) is 12.8 Å². The summed E-state index contributed by atoms with van der Waals surface area (Å²) < 4.78 is 11.2. The number of rotatable bonds is 37. The Morgan fingerprint density at radius 2 is 0.943 bits per heavy atom. The Hall–Kier alpha value is -0.850. The number of ether oxygens (including phenoxy) is 2. The number of aliphatic hydroxyl groups is 6. The van der Waals surface area contributed by atoms with Crippen molar-refractivity contribution < 1.29 is 44.9 Å². The molecule has 0 aliphatic carbocycles. The Kier molecular flexibility index (Phi) is 32.6. The molecule has 1 aliphatic rings. The van der Waals surface area contributed by atoms with Gasteiger partial charge in [0.15, 0.2) is 6.29 Å². The van der Waals surface area contributed by atoms with Crippen LogP contribution in [0.25, 0.3) is 0 Å². The molecule has 53 heavy (non-hydrogen) atoms. The fourth-order valence-electron chi connectivity index (χ4n) is 7.34. The predicted molar refractivity (Wildman–Crippen MR) is 214 cm³/mol. The van der Waals surface area contributed by atoms with Gasteiger partial charge in [-0.2, -0.15) is 0 Å². The fraction of sp³-hybridized carbons (Fsp3) is 0.977. The lowest BCUT2D eigenvalue weighted by molar-refractivity contribution is -0.302. The van der Waals surface area contributed by atoms with E-state index < -0.39 is 61.5 Å². The van der Waals surface area contributed by atoms with E-state index in [4.69, 9.17) is 9.47 Å². The van der Waals surface area contributed by atoms with E-state index in [9.17, 15) is 35.4 Å². The third-order valence-electron chi connectivity index (χ3n) is 11.1. The van der Waals surface area contributed by atoms with Gasteiger partial charge in [-0.3, -0.25) is 4.79 Å². The summed E-state index contributed by atoms with van der Waals surface area (Å²) in [6.07, 6.45) is 25.8. The number of hydrogen-bond acceptors (Lipinski definition) is 9. The largest absolute Gasteiger partial charge is 0.394 e. The number of hydrogen-bond donors (Lipinski definition) is 7. The molecule has 1 amide bonds. The number of aliphatic hydroxyl groups excluding tert-OH is 6. The van der Waals surface area contributed by atoms with Crippen molar-refractivity contribution in [3.8, 4) is 0 Å². The van der Waals surface area contributed by atoms with Crippen LogP contribution in [0.4, 0.5) is 0 Å². The summed E-state index contributed by atoms with van der Waals surface area (Å²) in [6, 6.07) is -0.886. The molecular formula is C43H85NO9. The van der Waals surface area contributed by atoms with Gasteiger partial charge in [0.25, 0.3) is 0 Å². The zero-order valence-corrected chi connectivity index (χ0v) is 34.2. The monoisotopic (exact) mass is 760 g/mol. The summed E-state index contributed by atoms with van der Waals surface area (Å²) in [7, 11) is 0. The van der Waals surface area contributed by atoms with Gasteiger partial charge in [0.1, 0.15) is 30.5 Å². The maximum Gasteiger partial charge on any atom is 0.249 e. The Labute approximate surface area is 324 Å². The molecule has 0 aromatic rings. The molecule has 1 heterocycles. The van der Waals surface area contributed by atoms with Crippen molar-refractivity contribution in [2.45, 2.75) is 255 Å². The lowest BCUT2D eigenvalue weighted by atomic mass is 9.99. The summed E-state index contributed by atoms with van der Waals surface area (Å²) in [5.41, 5.74) is 0. The molecule has 8 atom stereocenters. The van der Waals surface area contributed by atoms with Crippen molar-refractivity contribution in [3.63, 3.8) is 0 Å². The highest BCUT2D eigenvalue weighted by atomic mass is 16.7. The molecule has 316 valence electrons. The summed E-state index contributed by atoms with van der Waals surface area (Å²) in [5.74, 6) is -0.582. The third-order valence-corrected chi connectivity index (χ3v) is 11.1. The molecule has 0 aromatic carbocycles. The smallest absolute Gasteiger partial charge is 0.249 e. The van der Waals surface area contributed by atoms with Gasteiger partial charge in [0.05, 0.1) is 25.4 Å². The molecule has 1 fully saturated rings. The van der Waals surface area contributed by atoms with E-state index in [1.54, 1.807) is 0 Å². The Morgan fingerprint density at radius 3 is 1.34 bits per heavy atom. The van der Waals surface area contributed by atoms with E-state index in [1.165, 1.54) is 141 Å². The summed E-state index contributed by atoms with van der Waals surface area (Å²) in [4.78, 5) is 13.0. The van der Waals surface area contributed by atoms with Crippen LogP contribution in [0.15, 0.2) is 0 Å². The highest BCUT2D eigenvalue weighted by molar-refractivity contribution is 5.80. The highest BCUT2D eigenvalue weighted by Gasteiger charge is 2.44. The van der Waals surface area contributed by atoms with Crippen LogP contribution in [0.3, 0.4) is 0 Å². The minimum atomic E-state index is -1.59. The standard InChI is InChI=1S/C43H85NO9/c1-3-5-7-9-11-13-15-17-18-19-20-22-23-25-27-29-31-36(46)35(34-52-43-41(50)40(49)39(48)38(33-45)53-43)44-42(51)37(47)32-30-28-26-24-21-16-14-12-10-8-6-4-2/h35-41,43,45-50H,3-34H2,1-2H3,(H,44,51). The second kappa shape index (κ2) is 34.4. The fourth-order valence-corrected chi connectivity index (χ4v) is 7.34. The molecule has 0 spiro atoms. The minimum Gasteiger partial charge on any atom is -0.394 e. The van der Waals surface area contributed by atoms with E-state index in [0.717, 1.165) is 38.5 Å². The molecule has 10 nitrogen and oxygen atoms in total.